The highest BCUT2D eigenvalue weighted by atomic mass is 16.3. The van der Waals surface area contributed by atoms with E-state index in [-0.39, 0.29) is 18.7 Å². The van der Waals surface area contributed by atoms with Gasteiger partial charge in [0.05, 0.1) is 6.61 Å². The summed E-state index contributed by atoms with van der Waals surface area (Å²) in [5.41, 5.74) is 7.24. The quantitative estimate of drug-likeness (QED) is 0.742. The molecule has 0 aromatic carbocycles. The van der Waals surface area contributed by atoms with E-state index in [0.717, 1.165) is 19.5 Å². The normalized spacial score (nSPS) is 14.9. The standard InChI is InChI=1S/C13H23N3O/c1-3-12(14)13(10-17)16(4-2)9-11-5-7-15-8-6-11/h5-8,12-13,17H,3-4,9-10,14H2,1-2H3. The SMILES string of the molecule is CCC(N)C(CO)N(CC)Cc1ccncc1. The van der Waals surface area contributed by atoms with Crippen LogP contribution in [-0.4, -0.2) is 40.2 Å². The lowest BCUT2D eigenvalue weighted by molar-refractivity contribution is 0.101. The van der Waals surface area contributed by atoms with E-state index in [1.54, 1.807) is 12.4 Å². The maximum Gasteiger partial charge on any atom is 0.0602 e. The van der Waals surface area contributed by atoms with Gasteiger partial charge in [0, 0.05) is 31.0 Å². The molecule has 0 spiro atoms. The van der Waals surface area contributed by atoms with Crippen LogP contribution in [0.3, 0.4) is 0 Å². The molecule has 96 valence electrons. The van der Waals surface area contributed by atoms with Gasteiger partial charge in [0.2, 0.25) is 0 Å². The first-order valence-corrected chi connectivity index (χ1v) is 6.22. The van der Waals surface area contributed by atoms with Gasteiger partial charge < -0.3 is 10.8 Å². The molecule has 0 radical (unpaired) electrons. The second-order valence-corrected chi connectivity index (χ2v) is 4.24. The molecule has 1 aromatic rings. The first-order chi connectivity index (χ1) is 8.22. The Balaban J connectivity index is 2.69. The number of aliphatic hydroxyl groups is 1. The summed E-state index contributed by atoms with van der Waals surface area (Å²) in [4.78, 5) is 6.21. The van der Waals surface area contributed by atoms with Crippen LogP contribution in [0.15, 0.2) is 24.5 Å². The van der Waals surface area contributed by atoms with Crippen LogP contribution in [0.25, 0.3) is 0 Å². The number of aromatic nitrogens is 1. The summed E-state index contributed by atoms with van der Waals surface area (Å²) in [5.74, 6) is 0. The van der Waals surface area contributed by atoms with Crippen LogP contribution in [0, 0.1) is 0 Å². The third-order valence-electron chi connectivity index (χ3n) is 3.16. The lowest BCUT2D eigenvalue weighted by atomic mass is 10.0. The number of nitrogens with two attached hydrogens (primary N) is 1. The average molecular weight is 237 g/mol. The Morgan fingerprint density at radius 3 is 2.47 bits per heavy atom. The lowest BCUT2D eigenvalue weighted by Gasteiger charge is -2.33. The highest BCUT2D eigenvalue weighted by Crippen LogP contribution is 2.10. The Hall–Kier alpha value is -0.970. The summed E-state index contributed by atoms with van der Waals surface area (Å²) in [5, 5.41) is 9.47. The minimum absolute atomic E-state index is 0.0155. The van der Waals surface area contributed by atoms with Gasteiger partial charge in [-0.2, -0.15) is 0 Å². The minimum Gasteiger partial charge on any atom is -0.395 e. The molecule has 2 atom stereocenters. The zero-order chi connectivity index (χ0) is 12.7. The van der Waals surface area contributed by atoms with Crippen molar-refractivity contribution >= 4 is 0 Å². The molecule has 3 N–H and O–H groups in total. The predicted octanol–water partition coefficient (Wildman–Crippen LogP) is 1.00. The largest absolute Gasteiger partial charge is 0.395 e. The number of likely N-dealkylation sites (N-methyl/N-ethyl adjacent to an activating group) is 1. The van der Waals surface area contributed by atoms with Gasteiger partial charge >= 0.3 is 0 Å². The summed E-state index contributed by atoms with van der Waals surface area (Å²) in [6.07, 6.45) is 4.45. The predicted molar refractivity (Wildman–Crippen MR) is 69.5 cm³/mol. The van der Waals surface area contributed by atoms with Crippen LogP contribution in [0.1, 0.15) is 25.8 Å². The van der Waals surface area contributed by atoms with Gasteiger partial charge in [-0.15, -0.1) is 0 Å². The van der Waals surface area contributed by atoms with Gasteiger partial charge in [0.25, 0.3) is 0 Å². The highest BCUT2D eigenvalue weighted by molar-refractivity contribution is 5.09. The third-order valence-corrected chi connectivity index (χ3v) is 3.16. The van der Waals surface area contributed by atoms with Gasteiger partial charge in [0.15, 0.2) is 0 Å². The highest BCUT2D eigenvalue weighted by Gasteiger charge is 2.21. The maximum absolute atomic E-state index is 9.47. The van der Waals surface area contributed by atoms with Crippen molar-refractivity contribution in [2.24, 2.45) is 5.73 Å². The number of rotatable bonds is 7. The molecule has 0 fully saturated rings. The van der Waals surface area contributed by atoms with Crippen LogP contribution in [0.2, 0.25) is 0 Å². The van der Waals surface area contributed by atoms with Crippen molar-refractivity contribution < 1.29 is 5.11 Å². The molecular weight excluding hydrogens is 214 g/mol. The molecule has 0 aliphatic rings. The van der Waals surface area contributed by atoms with E-state index in [1.807, 2.05) is 19.1 Å². The van der Waals surface area contributed by atoms with Crippen molar-refractivity contribution in [1.82, 2.24) is 9.88 Å². The molecule has 17 heavy (non-hydrogen) atoms. The van der Waals surface area contributed by atoms with Crippen LogP contribution in [0.5, 0.6) is 0 Å². The zero-order valence-corrected chi connectivity index (χ0v) is 10.7. The fourth-order valence-electron chi connectivity index (χ4n) is 1.98. The number of pyridine rings is 1. The zero-order valence-electron chi connectivity index (χ0n) is 10.7. The molecule has 1 aromatic heterocycles. The fraction of sp³-hybridized carbons (Fsp3) is 0.615. The van der Waals surface area contributed by atoms with Gasteiger partial charge in [0.1, 0.15) is 0 Å². The van der Waals surface area contributed by atoms with E-state index >= 15 is 0 Å². The Bertz CT molecular complexity index is 305. The molecule has 0 saturated heterocycles. The molecule has 4 nitrogen and oxygen atoms in total. The Morgan fingerprint density at radius 2 is 2.00 bits per heavy atom. The second kappa shape index (κ2) is 7.37. The van der Waals surface area contributed by atoms with Gasteiger partial charge in [-0.1, -0.05) is 13.8 Å². The third kappa shape index (κ3) is 4.07. The summed E-state index contributed by atoms with van der Waals surface area (Å²) in [6.45, 7) is 5.92. The van der Waals surface area contributed by atoms with E-state index in [0.29, 0.717) is 0 Å². The molecule has 0 saturated carbocycles. The minimum atomic E-state index is 0.0155. The van der Waals surface area contributed by atoms with Gasteiger partial charge in [-0.25, -0.2) is 0 Å². The Morgan fingerprint density at radius 1 is 1.35 bits per heavy atom. The Kier molecular flexibility index (Phi) is 6.11. The van der Waals surface area contributed by atoms with Crippen LogP contribution < -0.4 is 5.73 Å². The Labute approximate surface area is 103 Å². The first kappa shape index (κ1) is 14.1. The smallest absolute Gasteiger partial charge is 0.0602 e. The van der Waals surface area contributed by atoms with E-state index in [2.05, 4.69) is 16.8 Å². The summed E-state index contributed by atoms with van der Waals surface area (Å²) in [7, 11) is 0. The summed E-state index contributed by atoms with van der Waals surface area (Å²) < 4.78 is 0. The average Bonchev–Trinajstić information content (AvgIpc) is 2.39. The number of aliphatic hydroxyl groups excluding tert-OH is 1. The van der Waals surface area contributed by atoms with Crippen molar-refractivity contribution in [2.75, 3.05) is 13.2 Å². The molecule has 1 heterocycles. The van der Waals surface area contributed by atoms with Crippen LogP contribution >= 0.6 is 0 Å². The first-order valence-electron chi connectivity index (χ1n) is 6.22. The molecular formula is C13H23N3O. The molecule has 0 amide bonds. The molecule has 4 heteroatoms. The number of nitrogens with zero attached hydrogens (tertiary/aromatic N) is 2. The topological polar surface area (TPSA) is 62.4 Å². The maximum atomic E-state index is 9.47. The lowest BCUT2D eigenvalue weighted by Crippen LogP contribution is -2.49. The monoisotopic (exact) mass is 237 g/mol. The number of hydrogen-bond acceptors (Lipinski definition) is 4. The summed E-state index contributed by atoms with van der Waals surface area (Å²) >= 11 is 0. The summed E-state index contributed by atoms with van der Waals surface area (Å²) in [6, 6.07) is 4.03. The second-order valence-electron chi connectivity index (χ2n) is 4.24. The van der Waals surface area contributed by atoms with Crippen LogP contribution in [0.4, 0.5) is 0 Å². The van der Waals surface area contributed by atoms with Gasteiger partial charge in [-0.05, 0) is 30.7 Å². The molecule has 0 bridgehead atoms. The van der Waals surface area contributed by atoms with E-state index in [9.17, 15) is 5.11 Å². The van der Waals surface area contributed by atoms with E-state index in [1.165, 1.54) is 5.56 Å². The number of hydrogen-bond donors (Lipinski definition) is 2. The molecule has 2 unspecified atom stereocenters. The molecule has 0 aliphatic carbocycles. The van der Waals surface area contributed by atoms with Crippen molar-refractivity contribution in [3.63, 3.8) is 0 Å². The van der Waals surface area contributed by atoms with Crippen molar-refractivity contribution in [3.05, 3.63) is 30.1 Å². The van der Waals surface area contributed by atoms with Crippen molar-refractivity contribution in [3.8, 4) is 0 Å². The van der Waals surface area contributed by atoms with Crippen LogP contribution in [-0.2, 0) is 6.54 Å². The van der Waals surface area contributed by atoms with Crippen molar-refractivity contribution in [1.29, 1.82) is 0 Å². The molecule has 1 rings (SSSR count). The molecule has 0 aliphatic heterocycles. The van der Waals surface area contributed by atoms with Crippen molar-refractivity contribution in [2.45, 2.75) is 38.9 Å². The van der Waals surface area contributed by atoms with E-state index < -0.39 is 0 Å². The van der Waals surface area contributed by atoms with E-state index in [4.69, 9.17) is 5.73 Å². The van der Waals surface area contributed by atoms with Gasteiger partial charge in [-0.3, -0.25) is 9.88 Å². The fourth-order valence-corrected chi connectivity index (χ4v) is 1.98.